The first-order chi connectivity index (χ1) is 7.92. The zero-order chi connectivity index (χ0) is 13.4. The van der Waals surface area contributed by atoms with Crippen LogP contribution in [-0.2, 0) is 9.59 Å². The third kappa shape index (κ3) is 5.71. The van der Waals surface area contributed by atoms with E-state index in [1.807, 2.05) is 0 Å². The van der Waals surface area contributed by atoms with Gasteiger partial charge in [0.15, 0.2) is 6.10 Å². The van der Waals surface area contributed by atoms with Crippen LogP contribution in [0.15, 0.2) is 0 Å². The minimum Gasteiger partial charge on any atom is -0.479 e. The Labute approximate surface area is 98.6 Å². The first kappa shape index (κ1) is 15.2. The molecule has 0 aliphatic carbocycles. The minimum atomic E-state index is -1.65. The number of hydrogen-bond acceptors (Lipinski definition) is 4. The standard InChI is InChI=1S/C9H17N3O5/c1-3-12(5-7(14)10-2)9(17)11-4-6(13)8(15)16/h6,13H,3-5H2,1-2H3,(H,10,14)(H,11,17)(H,15,16). The number of carboxylic acids is 1. The van der Waals surface area contributed by atoms with Gasteiger partial charge >= 0.3 is 12.0 Å². The summed E-state index contributed by atoms with van der Waals surface area (Å²) >= 11 is 0. The molecule has 17 heavy (non-hydrogen) atoms. The molecule has 1 unspecified atom stereocenters. The molecule has 3 amide bonds. The van der Waals surface area contributed by atoms with Crippen LogP contribution in [0.3, 0.4) is 0 Å². The molecule has 0 aromatic rings. The van der Waals surface area contributed by atoms with Gasteiger partial charge < -0.3 is 25.7 Å². The molecule has 0 aromatic heterocycles. The van der Waals surface area contributed by atoms with Crippen molar-refractivity contribution in [2.45, 2.75) is 13.0 Å². The zero-order valence-electron chi connectivity index (χ0n) is 9.77. The number of carbonyl (C=O) groups excluding carboxylic acids is 2. The lowest BCUT2D eigenvalue weighted by Gasteiger charge is -2.20. The fourth-order valence-electron chi connectivity index (χ4n) is 0.963. The van der Waals surface area contributed by atoms with Crippen molar-refractivity contribution in [1.29, 1.82) is 0 Å². The van der Waals surface area contributed by atoms with Gasteiger partial charge in [-0.05, 0) is 6.92 Å². The van der Waals surface area contributed by atoms with Gasteiger partial charge in [-0.2, -0.15) is 0 Å². The molecular formula is C9H17N3O5. The highest BCUT2D eigenvalue weighted by molar-refractivity contribution is 5.84. The number of likely N-dealkylation sites (N-methyl/N-ethyl adjacent to an activating group) is 2. The smallest absolute Gasteiger partial charge is 0.334 e. The summed E-state index contributed by atoms with van der Waals surface area (Å²) in [5, 5.41) is 21.9. The van der Waals surface area contributed by atoms with Crippen molar-refractivity contribution in [1.82, 2.24) is 15.5 Å². The van der Waals surface area contributed by atoms with Crippen LogP contribution >= 0.6 is 0 Å². The van der Waals surface area contributed by atoms with Crippen LogP contribution < -0.4 is 10.6 Å². The van der Waals surface area contributed by atoms with E-state index in [1.165, 1.54) is 11.9 Å². The Morgan fingerprint density at radius 1 is 1.35 bits per heavy atom. The van der Waals surface area contributed by atoms with Crippen molar-refractivity contribution in [3.63, 3.8) is 0 Å². The Hall–Kier alpha value is -1.83. The topological polar surface area (TPSA) is 119 Å². The Morgan fingerprint density at radius 3 is 2.35 bits per heavy atom. The number of aliphatic hydroxyl groups excluding tert-OH is 1. The Bertz CT molecular complexity index is 294. The van der Waals surface area contributed by atoms with Gasteiger partial charge in [-0.3, -0.25) is 4.79 Å². The molecule has 8 nitrogen and oxygen atoms in total. The van der Waals surface area contributed by atoms with Crippen molar-refractivity contribution in [2.24, 2.45) is 0 Å². The summed E-state index contributed by atoms with van der Waals surface area (Å²) in [7, 11) is 1.45. The summed E-state index contributed by atoms with van der Waals surface area (Å²) in [6, 6.07) is -0.601. The van der Waals surface area contributed by atoms with Crippen LogP contribution in [-0.4, -0.2) is 65.8 Å². The van der Waals surface area contributed by atoms with E-state index in [0.717, 1.165) is 0 Å². The molecule has 0 aliphatic heterocycles. The number of carbonyl (C=O) groups is 3. The number of amides is 3. The monoisotopic (exact) mass is 247 g/mol. The van der Waals surface area contributed by atoms with Gasteiger partial charge in [0.25, 0.3) is 0 Å². The molecule has 4 N–H and O–H groups in total. The molecule has 0 bridgehead atoms. The molecule has 0 saturated heterocycles. The summed E-state index contributed by atoms with van der Waals surface area (Å²) < 4.78 is 0. The molecule has 1 atom stereocenters. The lowest BCUT2D eigenvalue weighted by Crippen LogP contribution is -2.47. The highest BCUT2D eigenvalue weighted by Crippen LogP contribution is 1.90. The van der Waals surface area contributed by atoms with E-state index in [4.69, 9.17) is 10.2 Å². The van der Waals surface area contributed by atoms with Gasteiger partial charge in [-0.15, -0.1) is 0 Å². The molecule has 0 spiro atoms. The van der Waals surface area contributed by atoms with Crippen molar-refractivity contribution in [2.75, 3.05) is 26.7 Å². The van der Waals surface area contributed by atoms with Crippen molar-refractivity contribution >= 4 is 17.9 Å². The highest BCUT2D eigenvalue weighted by Gasteiger charge is 2.18. The molecule has 0 aromatic carbocycles. The van der Waals surface area contributed by atoms with Crippen LogP contribution in [0, 0.1) is 0 Å². The summed E-state index contributed by atoms with van der Waals surface area (Å²) in [5.74, 6) is -1.75. The number of urea groups is 1. The minimum absolute atomic E-state index is 0.123. The van der Waals surface area contributed by atoms with Gasteiger partial charge in [-0.25, -0.2) is 9.59 Å². The number of aliphatic hydroxyl groups is 1. The molecule has 0 fully saturated rings. The molecule has 0 saturated carbocycles. The van der Waals surface area contributed by atoms with E-state index in [1.54, 1.807) is 6.92 Å². The first-order valence-electron chi connectivity index (χ1n) is 5.06. The predicted octanol–water partition coefficient (Wildman–Crippen LogP) is -1.79. The molecule has 8 heteroatoms. The second kappa shape index (κ2) is 7.44. The van der Waals surface area contributed by atoms with Crippen molar-refractivity contribution in [3.8, 4) is 0 Å². The number of hydrogen-bond donors (Lipinski definition) is 4. The SMILES string of the molecule is CCN(CC(=O)NC)C(=O)NCC(O)C(=O)O. The maximum absolute atomic E-state index is 11.5. The molecule has 0 radical (unpaired) electrons. The summed E-state index contributed by atoms with van der Waals surface area (Å²) in [4.78, 5) is 34.0. The van der Waals surface area contributed by atoms with Gasteiger partial charge in [0.05, 0.1) is 6.54 Å². The number of carboxylic acid groups (broad SMARTS) is 1. The molecule has 0 rings (SSSR count). The number of nitrogens with one attached hydrogen (secondary N) is 2. The molecular weight excluding hydrogens is 230 g/mol. The third-order valence-corrected chi connectivity index (χ3v) is 2.01. The molecule has 98 valence electrons. The van der Waals surface area contributed by atoms with Crippen LogP contribution in [0.4, 0.5) is 4.79 Å². The second-order valence-electron chi connectivity index (χ2n) is 3.23. The quantitative estimate of drug-likeness (QED) is 0.442. The third-order valence-electron chi connectivity index (χ3n) is 2.01. The normalized spacial score (nSPS) is 11.5. The zero-order valence-corrected chi connectivity index (χ0v) is 9.77. The fourth-order valence-corrected chi connectivity index (χ4v) is 0.963. The summed E-state index contributed by atoms with van der Waals surface area (Å²) in [6.45, 7) is 1.44. The van der Waals surface area contributed by atoms with E-state index in [-0.39, 0.29) is 12.5 Å². The Balaban J connectivity index is 4.17. The van der Waals surface area contributed by atoms with Crippen LogP contribution in [0.25, 0.3) is 0 Å². The molecule has 0 aliphatic rings. The predicted molar refractivity (Wildman–Crippen MR) is 58.4 cm³/mol. The van der Waals surface area contributed by atoms with Crippen LogP contribution in [0.5, 0.6) is 0 Å². The van der Waals surface area contributed by atoms with E-state index < -0.39 is 24.6 Å². The largest absolute Gasteiger partial charge is 0.479 e. The lowest BCUT2D eigenvalue weighted by atomic mass is 10.3. The first-order valence-corrected chi connectivity index (χ1v) is 5.06. The van der Waals surface area contributed by atoms with E-state index in [0.29, 0.717) is 6.54 Å². The summed E-state index contributed by atoms with van der Waals surface area (Å²) in [6.07, 6.45) is -1.65. The fraction of sp³-hybridized carbons (Fsp3) is 0.667. The van der Waals surface area contributed by atoms with Crippen molar-refractivity contribution in [3.05, 3.63) is 0 Å². The maximum Gasteiger partial charge on any atom is 0.334 e. The van der Waals surface area contributed by atoms with E-state index >= 15 is 0 Å². The number of rotatable bonds is 6. The molecule has 0 heterocycles. The van der Waals surface area contributed by atoms with Crippen LogP contribution in [0.2, 0.25) is 0 Å². The average Bonchev–Trinajstić information content (AvgIpc) is 2.31. The van der Waals surface area contributed by atoms with Crippen LogP contribution in [0.1, 0.15) is 6.92 Å². The van der Waals surface area contributed by atoms with Crippen molar-refractivity contribution < 1.29 is 24.6 Å². The van der Waals surface area contributed by atoms with Gasteiger partial charge in [0.1, 0.15) is 6.54 Å². The van der Waals surface area contributed by atoms with E-state index in [2.05, 4.69) is 10.6 Å². The van der Waals surface area contributed by atoms with E-state index in [9.17, 15) is 14.4 Å². The Kier molecular flexibility index (Phi) is 6.64. The highest BCUT2D eigenvalue weighted by atomic mass is 16.4. The van der Waals surface area contributed by atoms with Gasteiger partial charge in [0.2, 0.25) is 5.91 Å². The Morgan fingerprint density at radius 2 is 1.94 bits per heavy atom. The maximum atomic E-state index is 11.5. The number of aliphatic carboxylic acids is 1. The van der Waals surface area contributed by atoms with Gasteiger partial charge in [0, 0.05) is 13.6 Å². The second-order valence-corrected chi connectivity index (χ2v) is 3.23. The van der Waals surface area contributed by atoms with Gasteiger partial charge in [-0.1, -0.05) is 0 Å². The summed E-state index contributed by atoms with van der Waals surface area (Å²) in [5.41, 5.74) is 0. The number of nitrogens with zero attached hydrogens (tertiary/aromatic N) is 1. The average molecular weight is 247 g/mol. The lowest BCUT2D eigenvalue weighted by molar-refractivity contribution is -0.146.